The van der Waals surface area contributed by atoms with Gasteiger partial charge in [0, 0.05) is 24.2 Å². The number of amides is 2. The highest BCUT2D eigenvalue weighted by molar-refractivity contribution is 5.99. The van der Waals surface area contributed by atoms with Crippen molar-refractivity contribution in [2.24, 2.45) is 0 Å². The number of benzene rings is 2. The summed E-state index contributed by atoms with van der Waals surface area (Å²) in [7, 11) is 0. The Morgan fingerprint density at radius 3 is 2.46 bits per heavy atom. The minimum absolute atomic E-state index is 0.163. The van der Waals surface area contributed by atoms with E-state index >= 15 is 0 Å². The molecule has 0 aliphatic carbocycles. The van der Waals surface area contributed by atoms with Crippen LogP contribution in [0.15, 0.2) is 42.5 Å². The van der Waals surface area contributed by atoms with Crippen LogP contribution in [0, 0.1) is 0 Å². The summed E-state index contributed by atoms with van der Waals surface area (Å²) in [5.41, 5.74) is 1.85. The highest BCUT2D eigenvalue weighted by atomic mass is 16.7. The Hall–Kier alpha value is -3.02. The molecule has 0 aromatic heterocycles. The second-order valence-corrected chi connectivity index (χ2v) is 6.06. The van der Waals surface area contributed by atoms with Crippen LogP contribution in [0.1, 0.15) is 46.0 Å². The van der Waals surface area contributed by atoms with E-state index in [1.165, 1.54) is 0 Å². The lowest BCUT2D eigenvalue weighted by atomic mass is 10.1. The number of rotatable bonds is 7. The molecule has 0 atom stereocenters. The van der Waals surface area contributed by atoms with Gasteiger partial charge in [0.2, 0.25) is 6.79 Å². The van der Waals surface area contributed by atoms with Crippen LogP contribution in [-0.4, -0.2) is 25.2 Å². The third-order valence-corrected chi connectivity index (χ3v) is 4.09. The van der Waals surface area contributed by atoms with E-state index in [4.69, 9.17) is 9.47 Å². The number of ether oxygens (including phenoxy) is 2. The molecule has 0 radical (unpaired) electrons. The molecule has 0 saturated carbocycles. The maximum Gasteiger partial charge on any atom is 0.251 e. The SMILES string of the molecule is CCCCNC(=O)c1cccc(C(=O)NCc2ccc3c(c2)OCO3)c1. The summed E-state index contributed by atoms with van der Waals surface area (Å²) in [6.45, 7) is 3.29. The highest BCUT2D eigenvalue weighted by Gasteiger charge is 2.14. The van der Waals surface area contributed by atoms with Crippen molar-refractivity contribution in [1.82, 2.24) is 10.6 Å². The van der Waals surface area contributed by atoms with E-state index in [-0.39, 0.29) is 18.6 Å². The first kappa shape index (κ1) is 17.8. The molecule has 2 amide bonds. The van der Waals surface area contributed by atoms with Crippen molar-refractivity contribution in [3.8, 4) is 11.5 Å². The molecule has 136 valence electrons. The Morgan fingerprint density at radius 1 is 0.962 bits per heavy atom. The van der Waals surface area contributed by atoms with Crippen LogP contribution in [0.25, 0.3) is 0 Å². The first-order valence-electron chi connectivity index (χ1n) is 8.72. The van der Waals surface area contributed by atoms with Gasteiger partial charge in [0.15, 0.2) is 11.5 Å². The number of carbonyl (C=O) groups excluding carboxylic acids is 2. The fourth-order valence-corrected chi connectivity index (χ4v) is 2.62. The number of carbonyl (C=O) groups is 2. The first-order chi connectivity index (χ1) is 12.7. The summed E-state index contributed by atoms with van der Waals surface area (Å²) in [5.74, 6) is 0.999. The van der Waals surface area contributed by atoms with Gasteiger partial charge in [0.05, 0.1) is 0 Å². The molecular formula is C20H22N2O4. The van der Waals surface area contributed by atoms with E-state index in [9.17, 15) is 9.59 Å². The molecule has 2 aromatic rings. The lowest BCUT2D eigenvalue weighted by Crippen LogP contribution is -2.26. The molecule has 6 nitrogen and oxygen atoms in total. The van der Waals surface area contributed by atoms with Gasteiger partial charge in [-0.15, -0.1) is 0 Å². The Balaban J connectivity index is 1.59. The summed E-state index contributed by atoms with van der Waals surface area (Å²) in [4.78, 5) is 24.5. The lowest BCUT2D eigenvalue weighted by molar-refractivity contribution is 0.0950. The van der Waals surface area contributed by atoms with Gasteiger partial charge >= 0.3 is 0 Å². The van der Waals surface area contributed by atoms with Crippen molar-refractivity contribution >= 4 is 11.8 Å². The summed E-state index contributed by atoms with van der Waals surface area (Å²) in [5, 5.41) is 5.71. The van der Waals surface area contributed by atoms with Gasteiger partial charge in [-0.3, -0.25) is 9.59 Å². The summed E-state index contributed by atoms with van der Waals surface area (Å²) in [6, 6.07) is 12.3. The smallest absolute Gasteiger partial charge is 0.251 e. The van der Waals surface area contributed by atoms with E-state index in [1.54, 1.807) is 24.3 Å². The molecule has 6 heteroatoms. The molecule has 1 aliphatic heterocycles. The molecule has 1 aliphatic rings. The van der Waals surface area contributed by atoms with Crippen molar-refractivity contribution in [2.75, 3.05) is 13.3 Å². The predicted molar refractivity (Wildman–Crippen MR) is 97.4 cm³/mol. The molecule has 3 rings (SSSR count). The van der Waals surface area contributed by atoms with Crippen LogP contribution >= 0.6 is 0 Å². The van der Waals surface area contributed by atoms with E-state index in [0.717, 1.165) is 18.4 Å². The highest BCUT2D eigenvalue weighted by Crippen LogP contribution is 2.32. The zero-order valence-corrected chi connectivity index (χ0v) is 14.7. The Kier molecular flexibility index (Phi) is 5.73. The topological polar surface area (TPSA) is 76.7 Å². The average molecular weight is 354 g/mol. The minimum Gasteiger partial charge on any atom is -0.454 e. The van der Waals surface area contributed by atoms with Crippen molar-refractivity contribution < 1.29 is 19.1 Å². The summed E-state index contributed by atoms with van der Waals surface area (Å²) in [6.07, 6.45) is 1.95. The van der Waals surface area contributed by atoms with Crippen LogP contribution in [-0.2, 0) is 6.54 Å². The minimum atomic E-state index is -0.231. The third kappa shape index (κ3) is 4.33. The normalized spacial score (nSPS) is 11.9. The molecule has 0 saturated heterocycles. The van der Waals surface area contributed by atoms with E-state index in [1.807, 2.05) is 18.2 Å². The zero-order valence-electron chi connectivity index (χ0n) is 14.7. The zero-order chi connectivity index (χ0) is 18.4. The van der Waals surface area contributed by atoms with Crippen LogP contribution in [0.3, 0.4) is 0 Å². The maximum atomic E-state index is 12.4. The third-order valence-electron chi connectivity index (χ3n) is 4.09. The summed E-state index contributed by atoms with van der Waals surface area (Å²) >= 11 is 0. The molecule has 0 spiro atoms. The first-order valence-corrected chi connectivity index (χ1v) is 8.72. The average Bonchev–Trinajstić information content (AvgIpc) is 3.14. The van der Waals surface area contributed by atoms with Gasteiger partial charge in [0.1, 0.15) is 0 Å². The monoisotopic (exact) mass is 354 g/mol. The molecule has 2 N–H and O–H groups in total. The van der Waals surface area contributed by atoms with Crippen molar-refractivity contribution in [3.63, 3.8) is 0 Å². The van der Waals surface area contributed by atoms with Gasteiger partial charge in [0.25, 0.3) is 11.8 Å². The second kappa shape index (κ2) is 8.38. The number of fused-ring (bicyclic) bond motifs is 1. The molecule has 0 unspecified atom stereocenters. The van der Waals surface area contributed by atoms with Gasteiger partial charge in [-0.25, -0.2) is 0 Å². The number of hydrogen-bond acceptors (Lipinski definition) is 4. The fraction of sp³-hybridized carbons (Fsp3) is 0.300. The standard InChI is InChI=1S/C20H22N2O4/c1-2-3-9-21-19(23)15-5-4-6-16(11-15)20(24)22-12-14-7-8-17-18(10-14)26-13-25-17/h4-8,10-11H,2-3,9,12-13H2,1H3,(H,21,23)(H,22,24). The Bertz CT molecular complexity index is 804. The van der Waals surface area contributed by atoms with Gasteiger partial charge in [-0.2, -0.15) is 0 Å². The van der Waals surface area contributed by atoms with E-state index < -0.39 is 0 Å². The second-order valence-electron chi connectivity index (χ2n) is 6.06. The number of unbranched alkanes of at least 4 members (excludes halogenated alkanes) is 1. The maximum absolute atomic E-state index is 12.4. The Labute approximate surface area is 152 Å². The summed E-state index contributed by atoms with van der Waals surface area (Å²) < 4.78 is 10.6. The van der Waals surface area contributed by atoms with Crippen LogP contribution in [0.4, 0.5) is 0 Å². The lowest BCUT2D eigenvalue weighted by Gasteiger charge is -2.08. The van der Waals surface area contributed by atoms with Gasteiger partial charge < -0.3 is 20.1 Å². The Morgan fingerprint density at radius 2 is 1.69 bits per heavy atom. The van der Waals surface area contributed by atoms with Crippen LogP contribution in [0.2, 0.25) is 0 Å². The fourth-order valence-electron chi connectivity index (χ4n) is 2.62. The van der Waals surface area contributed by atoms with Crippen LogP contribution in [0.5, 0.6) is 11.5 Å². The van der Waals surface area contributed by atoms with Crippen molar-refractivity contribution in [1.29, 1.82) is 0 Å². The molecule has 26 heavy (non-hydrogen) atoms. The van der Waals surface area contributed by atoms with Crippen molar-refractivity contribution in [2.45, 2.75) is 26.3 Å². The largest absolute Gasteiger partial charge is 0.454 e. The molecule has 0 bridgehead atoms. The van der Waals surface area contributed by atoms with Gasteiger partial charge in [-0.1, -0.05) is 25.5 Å². The number of hydrogen-bond donors (Lipinski definition) is 2. The van der Waals surface area contributed by atoms with E-state index in [0.29, 0.717) is 35.7 Å². The quantitative estimate of drug-likeness (QED) is 0.750. The molecule has 2 aromatic carbocycles. The molecule has 1 heterocycles. The van der Waals surface area contributed by atoms with Gasteiger partial charge in [-0.05, 0) is 42.3 Å². The molecular weight excluding hydrogens is 332 g/mol. The molecule has 0 fully saturated rings. The van der Waals surface area contributed by atoms with Crippen LogP contribution < -0.4 is 20.1 Å². The van der Waals surface area contributed by atoms with E-state index in [2.05, 4.69) is 17.6 Å². The predicted octanol–water partition coefficient (Wildman–Crippen LogP) is 2.88. The number of nitrogens with one attached hydrogen (secondary N) is 2. The van der Waals surface area contributed by atoms with Crippen molar-refractivity contribution in [3.05, 3.63) is 59.2 Å².